The highest BCUT2D eigenvalue weighted by Crippen LogP contribution is 2.39. The molecule has 0 fully saturated rings. The number of carbonyl (C=O) groups is 2. The Bertz CT molecular complexity index is 1420. The summed E-state index contributed by atoms with van der Waals surface area (Å²) in [6.45, 7) is 2.01. The van der Waals surface area contributed by atoms with Crippen LogP contribution in [0.3, 0.4) is 0 Å². The minimum atomic E-state index is -0.497. The number of nitrogens with zero attached hydrogens (tertiary/aromatic N) is 1. The van der Waals surface area contributed by atoms with E-state index < -0.39 is 5.97 Å². The van der Waals surface area contributed by atoms with Crippen LogP contribution in [0.5, 0.6) is 0 Å². The van der Waals surface area contributed by atoms with Gasteiger partial charge in [-0.05, 0) is 49.8 Å². The minimum Gasteiger partial charge on any atom is -0.465 e. The number of benzene rings is 1. The van der Waals surface area contributed by atoms with Crippen molar-refractivity contribution in [2.75, 3.05) is 18.2 Å². The van der Waals surface area contributed by atoms with Crippen molar-refractivity contribution in [1.82, 2.24) is 4.98 Å². The topological polar surface area (TPSA) is 94.3 Å². The number of hydrogen-bond acceptors (Lipinski definition) is 7. The van der Waals surface area contributed by atoms with Crippen LogP contribution in [0, 0.1) is 6.92 Å². The van der Waals surface area contributed by atoms with Crippen molar-refractivity contribution in [2.45, 2.75) is 45.4 Å². The quantitative estimate of drug-likeness (QED) is 0.304. The molecule has 3 heterocycles. The highest BCUT2D eigenvalue weighted by atomic mass is 32.1. The zero-order chi connectivity index (χ0) is 24.5. The zero-order valence-corrected chi connectivity index (χ0v) is 21.4. The number of thiophene rings is 2. The maximum atomic E-state index is 13.3. The molecule has 3 aromatic heterocycles. The van der Waals surface area contributed by atoms with Crippen molar-refractivity contribution in [3.63, 3.8) is 0 Å². The minimum absolute atomic E-state index is 0.343. The predicted octanol–water partition coefficient (Wildman–Crippen LogP) is 6.61. The lowest BCUT2D eigenvalue weighted by Gasteiger charge is -2.12. The summed E-state index contributed by atoms with van der Waals surface area (Å²) in [5.74, 6) is -0.844. The molecule has 0 saturated carbocycles. The third-order valence-electron chi connectivity index (χ3n) is 6.48. The second-order valence-electron chi connectivity index (χ2n) is 8.87. The number of nitrogens with two attached hydrogens (primary N) is 1. The molecule has 0 aliphatic heterocycles. The van der Waals surface area contributed by atoms with Crippen LogP contribution in [0.2, 0.25) is 0 Å². The second kappa shape index (κ2) is 9.79. The van der Waals surface area contributed by atoms with E-state index >= 15 is 0 Å². The summed E-state index contributed by atoms with van der Waals surface area (Å²) < 4.78 is 5.04. The van der Waals surface area contributed by atoms with E-state index in [1.54, 1.807) is 0 Å². The van der Waals surface area contributed by atoms with E-state index in [0.29, 0.717) is 21.1 Å². The first-order chi connectivity index (χ1) is 17.0. The van der Waals surface area contributed by atoms with Crippen molar-refractivity contribution >= 4 is 55.5 Å². The Morgan fingerprint density at radius 3 is 2.57 bits per heavy atom. The van der Waals surface area contributed by atoms with Gasteiger partial charge in [-0.3, -0.25) is 4.79 Å². The van der Waals surface area contributed by atoms with Crippen molar-refractivity contribution in [1.29, 1.82) is 0 Å². The Hall–Kier alpha value is -3.23. The van der Waals surface area contributed by atoms with E-state index in [4.69, 9.17) is 15.5 Å². The molecule has 4 aromatic rings. The lowest BCUT2D eigenvalue weighted by molar-refractivity contribution is 0.0603. The third-order valence-corrected chi connectivity index (χ3v) is 8.49. The molecule has 1 aliphatic carbocycles. The number of fused-ring (bicyclic) bond motifs is 2. The molecule has 0 bridgehead atoms. The molecule has 1 aromatic carbocycles. The van der Waals surface area contributed by atoms with Crippen molar-refractivity contribution in [3.05, 3.63) is 63.0 Å². The van der Waals surface area contributed by atoms with Crippen LogP contribution in [0.1, 0.15) is 62.5 Å². The summed E-state index contributed by atoms with van der Waals surface area (Å²) in [7, 11) is 1.34. The molecular weight excluding hydrogens is 478 g/mol. The molecule has 6 nitrogen and oxygen atoms in total. The number of aryl methyl sites for hydroxylation is 3. The van der Waals surface area contributed by atoms with Crippen LogP contribution in [-0.2, 0) is 17.6 Å². The van der Waals surface area contributed by atoms with E-state index in [2.05, 4.69) is 11.4 Å². The number of nitrogen functional groups attached to an aromatic ring is 1. The average molecular weight is 506 g/mol. The van der Waals surface area contributed by atoms with Crippen LogP contribution >= 0.6 is 22.7 Å². The monoisotopic (exact) mass is 505 g/mol. The first kappa shape index (κ1) is 23.5. The maximum Gasteiger partial charge on any atom is 0.341 e. The number of rotatable bonds is 4. The molecular formula is C27H27N3O3S2. The van der Waals surface area contributed by atoms with E-state index in [1.165, 1.54) is 48.2 Å². The predicted molar refractivity (Wildman–Crippen MR) is 144 cm³/mol. The lowest BCUT2D eigenvalue weighted by atomic mass is 9.96. The first-order valence-corrected chi connectivity index (χ1v) is 13.4. The van der Waals surface area contributed by atoms with Crippen molar-refractivity contribution in [2.24, 2.45) is 0 Å². The number of anilines is 2. The van der Waals surface area contributed by atoms with Gasteiger partial charge in [0, 0.05) is 22.0 Å². The first-order valence-electron chi connectivity index (χ1n) is 11.7. The standard InChI is InChI=1S/C27H27N3O3S2/c1-15-9-11-16(12-10-15)19-14-34-26(21(19)27(32)33-2)30-24(31)23-22(28)18-13-17-7-5-3-4-6-8-20(17)29-25(18)35-23/h9-14H,3-8,28H2,1-2H3,(H,30,31). The molecule has 180 valence electrons. The maximum absolute atomic E-state index is 13.3. The molecule has 3 N–H and O–H groups in total. The second-order valence-corrected chi connectivity index (χ2v) is 10.7. The Kier molecular flexibility index (Phi) is 6.58. The van der Waals surface area contributed by atoms with Crippen molar-refractivity contribution in [3.8, 4) is 11.1 Å². The summed E-state index contributed by atoms with van der Waals surface area (Å²) in [4.78, 5) is 32.1. The van der Waals surface area contributed by atoms with E-state index in [-0.39, 0.29) is 5.91 Å². The molecule has 8 heteroatoms. The van der Waals surface area contributed by atoms with Gasteiger partial charge < -0.3 is 15.8 Å². The van der Waals surface area contributed by atoms with E-state index in [9.17, 15) is 9.59 Å². The van der Waals surface area contributed by atoms with Gasteiger partial charge in [-0.2, -0.15) is 0 Å². The molecule has 35 heavy (non-hydrogen) atoms. The lowest BCUT2D eigenvalue weighted by Crippen LogP contribution is -2.14. The number of hydrogen-bond donors (Lipinski definition) is 2. The molecule has 0 saturated heterocycles. The van der Waals surface area contributed by atoms with Crippen LogP contribution < -0.4 is 11.1 Å². The van der Waals surface area contributed by atoms with Crippen LogP contribution in [-0.4, -0.2) is 24.0 Å². The largest absolute Gasteiger partial charge is 0.465 e. The Morgan fingerprint density at radius 2 is 1.83 bits per heavy atom. The smallest absolute Gasteiger partial charge is 0.341 e. The van der Waals surface area contributed by atoms with Gasteiger partial charge in [-0.1, -0.05) is 42.7 Å². The normalized spacial score (nSPS) is 13.7. The summed E-state index contributed by atoms with van der Waals surface area (Å²) >= 11 is 2.60. The number of carbonyl (C=O) groups excluding carboxylic acids is 2. The molecule has 0 spiro atoms. The molecule has 0 radical (unpaired) electrons. The fraction of sp³-hybridized carbons (Fsp3) is 0.296. The number of aromatic nitrogens is 1. The Morgan fingerprint density at radius 1 is 1.09 bits per heavy atom. The van der Waals surface area contributed by atoms with Gasteiger partial charge in [-0.25, -0.2) is 9.78 Å². The van der Waals surface area contributed by atoms with Gasteiger partial charge in [0.05, 0.1) is 12.8 Å². The van der Waals surface area contributed by atoms with Gasteiger partial charge in [-0.15, -0.1) is 22.7 Å². The highest BCUT2D eigenvalue weighted by Gasteiger charge is 2.25. The number of methoxy groups -OCH3 is 1. The van der Waals surface area contributed by atoms with Gasteiger partial charge in [0.15, 0.2) is 0 Å². The molecule has 1 amide bonds. The average Bonchev–Trinajstić information content (AvgIpc) is 3.40. The van der Waals surface area contributed by atoms with Gasteiger partial charge >= 0.3 is 5.97 Å². The molecule has 0 unspecified atom stereocenters. The summed E-state index contributed by atoms with van der Waals surface area (Å²) in [5, 5.41) is 6.05. The van der Waals surface area contributed by atoms with Crippen LogP contribution in [0.4, 0.5) is 10.7 Å². The molecule has 0 atom stereocenters. The van der Waals surface area contributed by atoms with Gasteiger partial charge in [0.25, 0.3) is 5.91 Å². The third kappa shape index (κ3) is 4.56. The van der Waals surface area contributed by atoms with Gasteiger partial charge in [0.1, 0.15) is 20.3 Å². The van der Waals surface area contributed by atoms with Crippen molar-refractivity contribution < 1.29 is 14.3 Å². The van der Waals surface area contributed by atoms with E-state index in [1.807, 2.05) is 36.6 Å². The number of pyridine rings is 1. The highest BCUT2D eigenvalue weighted by molar-refractivity contribution is 7.21. The number of esters is 1. The number of ether oxygens (including phenoxy) is 1. The SMILES string of the molecule is COC(=O)c1c(-c2ccc(C)cc2)csc1NC(=O)c1sc2nc3c(cc2c1N)CCCCCC3. The fourth-order valence-electron chi connectivity index (χ4n) is 4.54. The van der Waals surface area contributed by atoms with E-state index in [0.717, 1.165) is 58.3 Å². The summed E-state index contributed by atoms with van der Waals surface area (Å²) in [6.07, 6.45) is 6.71. The summed E-state index contributed by atoms with van der Waals surface area (Å²) in [5.41, 5.74) is 12.3. The summed E-state index contributed by atoms with van der Waals surface area (Å²) in [6, 6.07) is 10.0. The number of nitrogens with one attached hydrogen (secondary N) is 1. The fourth-order valence-corrected chi connectivity index (χ4v) is 6.49. The zero-order valence-electron chi connectivity index (χ0n) is 19.8. The van der Waals surface area contributed by atoms with Gasteiger partial charge in [0.2, 0.25) is 0 Å². The molecule has 1 aliphatic rings. The Balaban J connectivity index is 1.49. The van der Waals surface area contributed by atoms with Crippen LogP contribution in [0.25, 0.3) is 21.3 Å². The van der Waals surface area contributed by atoms with Crippen LogP contribution in [0.15, 0.2) is 35.7 Å². The number of amides is 1. The Labute approximate surface area is 212 Å². The molecule has 5 rings (SSSR count).